The van der Waals surface area contributed by atoms with Gasteiger partial charge in [-0.3, -0.25) is 13.9 Å². The number of aryl methyl sites for hydroxylation is 1. The van der Waals surface area contributed by atoms with Crippen LogP contribution in [0.25, 0.3) is 0 Å². The summed E-state index contributed by atoms with van der Waals surface area (Å²) in [6, 6.07) is 9.19. The van der Waals surface area contributed by atoms with Gasteiger partial charge in [0.1, 0.15) is 12.6 Å². The van der Waals surface area contributed by atoms with Crippen LogP contribution in [0.4, 0.5) is 5.69 Å². The van der Waals surface area contributed by atoms with Gasteiger partial charge in [-0.25, -0.2) is 8.42 Å². The van der Waals surface area contributed by atoms with E-state index in [-0.39, 0.29) is 18.5 Å². The Bertz CT molecular complexity index is 1240. The van der Waals surface area contributed by atoms with Crippen molar-refractivity contribution in [1.82, 2.24) is 10.2 Å². The van der Waals surface area contributed by atoms with E-state index in [0.717, 1.165) is 46.3 Å². The van der Waals surface area contributed by atoms with E-state index in [4.69, 9.17) is 23.2 Å². The maximum absolute atomic E-state index is 13.7. The van der Waals surface area contributed by atoms with Crippen molar-refractivity contribution in [3.63, 3.8) is 0 Å². The van der Waals surface area contributed by atoms with Gasteiger partial charge < -0.3 is 10.2 Å². The lowest BCUT2D eigenvalue weighted by molar-refractivity contribution is -0.139. The van der Waals surface area contributed by atoms with Crippen LogP contribution in [0.5, 0.6) is 0 Å². The van der Waals surface area contributed by atoms with E-state index in [1.807, 2.05) is 6.92 Å². The Balaban J connectivity index is 1.92. The summed E-state index contributed by atoms with van der Waals surface area (Å²) < 4.78 is 27.3. The SMILES string of the molecule is Cc1cc(N(CC(=O)N(Cc2ccc(Cl)cc2Cl)[C@@H](C)C(=O)NC2CCCC2)S(C)(=O)=O)ccc1Br. The number of rotatable bonds is 9. The second-order valence-electron chi connectivity index (χ2n) is 9.13. The summed E-state index contributed by atoms with van der Waals surface area (Å²) in [6.07, 6.45) is 4.96. The van der Waals surface area contributed by atoms with Crippen molar-refractivity contribution in [1.29, 1.82) is 0 Å². The largest absolute Gasteiger partial charge is 0.352 e. The van der Waals surface area contributed by atoms with Crippen molar-refractivity contribution >= 4 is 66.7 Å². The van der Waals surface area contributed by atoms with Crippen LogP contribution >= 0.6 is 39.1 Å². The van der Waals surface area contributed by atoms with Gasteiger partial charge in [0, 0.05) is 27.1 Å². The summed E-state index contributed by atoms with van der Waals surface area (Å²) in [5.74, 6) is -0.813. The van der Waals surface area contributed by atoms with E-state index >= 15 is 0 Å². The van der Waals surface area contributed by atoms with Crippen molar-refractivity contribution < 1.29 is 18.0 Å². The summed E-state index contributed by atoms with van der Waals surface area (Å²) in [6.45, 7) is 3.03. The fourth-order valence-corrected chi connectivity index (χ4v) is 5.76. The maximum atomic E-state index is 13.7. The molecule has 0 unspecified atom stereocenters. The number of amides is 2. The van der Waals surface area contributed by atoms with Gasteiger partial charge in [0.2, 0.25) is 21.8 Å². The molecule has 2 aromatic carbocycles. The van der Waals surface area contributed by atoms with Gasteiger partial charge in [0.05, 0.1) is 11.9 Å². The number of nitrogens with one attached hydrogen (secondary N) is 1. The van der Waals surface area contributed by atoms with Crippen LogP contribution in [0.1, 0.15) is 43.7 Å². The van der Waals surface area contributed by atoms with Gasteiger partial charge in [-0.05, 0) is 68.1 Å². The molecule has 11 heteroatoms. The third kappa shape index (κ3) is 7.37. The molecule has 7 nitrogen and oxygen atoms in total. The van der Waals surface area contributed by atoms with Crippen molar-refractivity contribution in [3.8, 4) is 0 Å². The third-order valence-corrected chi connectivity index (χ3v) is 8.95. The van der Waals surface area contributed by atoms with Gasteiger partial charge in [-0.15, -0.1) is 0 Å². The first kappa shape index (κ1) is 28.8. The molecule has 0 heterocycles. The number of anilines is 1. The zero-order valence-corrected chi connectivity index (χ0v) is 24.3. The number of carbonyl (C=O) groups excluding carboxylic acids is 2. The normalized spacial score (nSPS) is 14.9. The summed E-state index contributed by atoms with van der Waals surface area (Å²) in [5.41, 5.74) is 1.78. The number of halogens is 3. The van der Waals surface area contributed by atoms with Gasteiger partial charge in [0.25, 0.3) is 0 Å². The molecule has 1 aliphatic rings. The van der Waals surface area contributed by atoms with Crippen LogP contribution in [-0.2, 0) is 26.2 Å². The van der Waals surface area contributed by atoms with Gasteiger partial charge in [-0.1, -0.05) is 58.0 Å². The Morgan fingerprint density at radius 3 is 2.39 bits per heavy atom. The van der Waals surface area contributed by atoms with E-state index in [2.05, 4.69) is 21.2 Å². The zero-order chi connectivity index (χ0) is 26.6. The fourth-order valence-electron chi connectivity index (χ4n) is 4.21. The van der Waals surface area contributed by atoms with Gasteiger partial charge >= 0.3 is 0 Å². The summed E-state index contributed by atoms with van der Waals surface area (Å²) in [5, 5.41) is 3.83. The minimum absolute atomic E-state index is 0.0189. The molecule has 196 valence electrons. The summed E-state index contributed by atoms with van der Waals surface area (Å²) in [7, 11) is -3.80. The van der Waals surface area contributed by atoms with Crippen LogP contribution in [0.15, 0.2) is 40.9 Å². The zero-order valence-electron chi connectivity index (χ0n) is 20.4. The second-order valence-corrected chi connectivity index (χ2v) is 12.7. The summed E-state index contributed by atoms with van der Waals surface area (Å²) >= 11 is 15.8. The minimum atomic E-state index is -3.80. The molecule has 0 radical (unpaired) electrons. The molecule has 1 aliphatic carbocycles. The molecule has 0 aromatic heterocycles. The first-order valence-electron chi connectivity index (χ1n) is 11.6. The number of hydrogen-bond acceptors (Lipinski definition) is 4. The predicted molar refractivity (Wildman–Crippen MR) is 148 cm³/mol. The maximum Gasteiger partial charge on any atom is 0.244 e. The molecule has 2 amide bonds. The highest BCUT2D eigenvalue weighted by Crippen LogP contribution is 2.27. The second kappa shape index (κ2) is 12.2. The summed E-state index contributed by atoms with van der Waals surface area (Å²) in [4.78, 5) is 28.1. The monoisotopic (exact) mass is 617 g/mol. The topological polar surface area (TPSA) is 86.8 Å². The Morgan fingerprint density at radius 2 is 1.81 bits per heavy atom. The molecule has 0 bridgehead atoms. The van der Waals surface area contributed by atoms with E-state index < -0.39 is 28.5 Å². The Morgan fingerprint density at radius 1 is 1.14 bits per heavy atom. The highest BCUT2D eigenvalue weighted by Gasteiger charge is 2.31. The highest BCUT2D eigenvalue weighted by atomic mass is 79.9. The molecule has 0 aliphatic heterocycles. The van der Waals surface area contributed by atoms with Crippen LogP contribution in [0.3, 0.4) is 0 Å². The van der Waals surface area contributed by atoms with Gasteiger partial charge in [0.15, 0.2) is 0 Å². The quantitative estimate of drug-likeness (QED) is 0.413. The standard InChI is InChI=1S/C25H30BrCl2N3O4S/c1-16-12-21(10-11-22(16)26)31(36(3,34)35)15-24(32)30(14-18-8-9-19(27)13-23(18)28)17(2)25(33)29-20-6-4-5-7-20/h8-13,17,20H,4-7,14-15H2,1-3H3,(H,29,33)/t17-/m0/s1. The Hall–Kier alpha value is -1.81. The smallest absolute Gasteiger partial charge is 0.244 e. The highest BCUT2D eigenvalue weighted by molar-refractivity contribution is 9.10. The molecular weight excluding hydrogens is 589 g/mol. The number of sulfonamides is 1. The average molecular weight is 619 g/mol. The molecule has 1 atom stereocenters. The number of carbonyl (C=O) groups is 2. The third-order valence-electron chi connectivity index (χ3n) is 6.33. The molecular formula is C25H30BrCl2N3O4S. The minimum Gasteiger partial charge on any atom is -0.352 e. The van der Waals surface area contributed by atoms with Crippen molar-refractivity contribution in [2.75, 3.05) is 17.1 Å². The fraction of sp³-hybridized carbons (Fsp3) is 0.440. The number of nitrogens with zero attached hydrogens (tertiary/aromatic N) is 2. The Kier molecular flexibility index (Phi) is 9.71. The lowest BCUT2D eigenvalue weighted by Crippen LogP contribution is -2.52. The first-order valence-corrected chi connectivity index (χ1v) is 15.0. The molecule has 3 rings (SSSR count). The van der Waals surface area contributed by atoms with Gasteiger partial charge in [-0.2, -0.15) is 0 Å². The lowest BCUT2D eigenvalue weighted by atomic mass is 10.1. The van der Waals surface area contributed by atoms with E-state index in [1.54, 1.807) is 43.3 Å². The lowest BCUT2D eigenvalue weighted by Gasteiger charge is -2.32. The molecule has 2 aromatic rings. The Labute approximate surface area is 231 Å². The van der Waals surface area contributed by atoms with E-state index in [1.165, 1.54) is 4.90 Å². The molecule has 1 saturated carbocycles. The molecule has 36 heavy (non-hydrogen) atoms. The van der Waals surface area contributed by atoms with Crippen LogP contribution in [0, 0.1) is 6.92 Å². The van der Waals surface area contributed by atoms with E-state index in [0.29, 0.717) is 21.3 Å². The molecule has 1 fully saturated rings. The van der Waals surface area contributed by atoms with Crippen molar-refractivity contribution in [2.24, 2.45) is 0 Å². The van der Waals surface area contributed by atoms with Crippen molar-refractivity contribution in [3.05, 3.63) is 62.0 Å². The number of benzene rings is 2. The molecule has 0 saturated heterocycles. The van der Waals surface area contributed by atoms with Crippen LogP contribution in [0.2, 0.25) is 10.0 Å². The van der Waals surface area contributed by atoms with Crippen molar-refractivity contribution in [2.45, 2.75) is 58.2 Å². The first-order chi connectivity index (χ1) is 16.9. The average Bonchev–Trinajstić information content (AvgIpc) is 3.30. The van der Waals surface area contributed by atoms with E-state index in [9.17, 15) is 18.0 Å². The molecule has 1 N–H and O–H groups in total. The molecule has 0 spiro atoms. The predicted octanol–water partition coefficient (Wildman–Crippen LogP) is 5.31. The van der Waals surface area contributed by atoms with Crippen LogP contribution < -0.4 is 9.62 Å². The number of hydrogen-bond donors (Lipinski definition) is 1. The van der Waals surface area contributed by atoms with Crippen LogP contribution in [-0.4, -0.2) is 50.0 Å².